The topological polar surface area (TPSA) is 66.5 Å². The molecule has 0 atom stereocenters. The van der Waals surface area contributed by atoms with Crippen LogP contribution < -0.4 is 5.32 Å². The maximum absolute atomic E-state index is 12.7. The molecule has 0 aliphatic carbocycles. The number of nitrogens with one attached hydrogen (secondary N) is 1. The second kappa shape index (κ2) is 5.29. The summed E-state index contributed by atoms with van der Waals surface area (Å²) in [6.45, 7) is 3.65. The van der Waals surface area contributed by atoms with Gasteiger partial charge in [0.1, 0.15) is 10.4 Å². The van der Waals surface area contributed by atoms with Crippen LogP contribution >= 0.6 is 27.5 Å². The molecule has 0 bridgehead atoms. The molecule has 1 heterocycles. The van der Waals surface area contributed by atoms with Crippen LogP contribution in [0.3, 0.4) is 0 Å². The smallest absolute Gasteiger partial charge is 0.245 e. The van der Waals surface area contributed by atoms with Crippen LogP contribution in [0.1, 0.15) is 13.8 Å². The lowest BCUT2D eigenvalue weighted by molar-refractivity contribution is -0.131. The number of benzene rings is 1. The Balaban J connectivity index is 2.52. The molecule has 1 saturated heterocycles. The molecule has 0 radical (unpaired) electrons. The molecule has 0 spiro atoms. The summed E-state index contributed by atoms with van der Waals surface area (Å²) in [5, 5.41) is 2.79. The van der Waals surface area contributed by atoms with Gasteiger partial charge in [-0.15, -0.1) is 0 Å². The van der Waals surface area contributed by atoms with Crippen molar-refractivity contribution in [3.8, 4) is 0 Å². The highest BCUT2D eigenvalue weighted by atomic mass is 79.9. The number of halogens is 2. The Morgan fingerprint density at radius 3 is 2.65 bits per heavy atom. The number of carbonyl (C=O) groups excluding carboxylic acids is 1. The van der Waals surface area contributed by atoms with E-state index < -0.39 is 15.6 Å². The molecule has 20 heavy (non-hydrogen) atoms. The fraction of sp³-hybridized carbons (Fsp3) is 0.417. The number of rotatable bonds is 2. The van der Waals surface area contributed by atoms with Gasteiger partial charge in [-0.2, -0.15) is 4.31 Å². The molecule has 0 aromatic heterocycles. The van der Waals surface area contributed by atoms with Crippen LogP contribution in [0.5, 0.6) is 0 Å². The zero-order valence-electron chi connectivity index (χ0n) is 11.0. The number of sulfonamides is 1. The molecule has 1 aliphatic heterocycles. The molecular weight excluding hydrogens is 368 g/mol. The summed E-state index contributed by atoms with van der Waals surface area (Å²) in [5.41, 5.74) is -1.15. The standard InChI is InChI=1S/C12H14BrClN2O3S/c1-12(2)11(17)15-5-6-16(12)20(18,19)10-4-3-8(13)7-9(10)14/h3-4,7H,5-6H2,1-2H3,(H,15,17). The van der Waals surface area contributed by atoms with Crippen molar-refractivity contribution >= 4 is 43.5 Å². The van der Waals surface area contributed by atoms with Crippen molar-refractivity contribution in [2.24, 2.45) is 0 Å². The van der Waals surface area contributed by atoms with Gasteiger partial charge in [-0.25, -0.2) is 8.42 Å². The monoisotopic (exact) mass is 380 g/mol. The van der Waals surface area contributed by atoms with E-state index in [9.17, 15) is 13.2 Å². The molecule has 2 rings (SSSR count). The molecule has 1 fully saturated rings. The Labute approximate surface area is 131 Å². The molecule has 110 valence electrons. The Morgan fingerprint density at radius 2 is 2.05 bits per heavy atom. The van der Waals surface area contributed by atoms with Gasteiger partial charge >= 0.3 is 0 Å². The zero-order valence-corrected chi connectivity index (χ0v) is 14.1. The predicted molar refractivity (Wildman–Crippen MR) is 80.1 cm³/mol. The normalized spacial score (nSPS) is 19.7. The highest BCUT2D eigenvalue weighted by Crippen LogP contribution is 2.32. The summed E-state index contributed by atoms with van der Waals surface area (Å²) < 4.78 is 27.3. The third-order valence-electron chi connectivity index (χ3n) is 3.24. The molecule has 1 N–H and O–H groups in total. The Morgan fingerprint density at radius 1 is 1.40 bits per heavy atom. The second-order valence-electron chi connectivity index (χ2n) is 4.97. The molecule has 0 saturated carbocycles. The highest BCUT2D eigenvalue weighted by Gasteiger charge is 2.45. The van der Waals surface area contributed by atoms with Gasteiger partial charge in [-0.1, -0.05) is 27.5 Å². The van der Waals surface area contributed by atoms with E-state index in [4.69, 9.17) is 11.6 Å². The van der Waals surface area contributed by atoms with E-state index >= 15 is 0 Å². The third-order valence-corrected chi connectivity index (χ3v) is 6.29. The first-order chi connectivity index (χ1) is 9.17. The van der Waals surface area contributed by atoms with Gasteiger partial charge < -0.3 is 5.32 Å². The van der Waals surface area contributed by atoms with E-state index in [0.29, 0.717) is 4.47 Å². The van der Waals surface area contributed by atoms with E-state index in [-0.39, 0.29) is 28.9 Å². The van der Waals surface area contributed by atoms with Gasteiger partial charge in [0.25, 0.3) is 0 Å². The van der Waals surface area contributed by atoms with E-state index in [1.54, 1.807) is 19.9 Å². The SMILES string of the molecule is CC1(C)C(=O)NCCN1S(=O)(=O)c1ccc(Br)cc1Cl. The van der Waals surface area contributed by atoms with Crippen molar-refractivity contribution in [2.75, 3.05) is 13.1 Å². The van der Waals surface area contributed by atoms with Crippen LogP contribution in [0.25, 0.3) is 0 Å². The number of nitrogens with zero attached hydrogens (tertiary/aromatic N) is 1. The summed E-state index contributed by atoms with van der Waals surface area (Å²) >= 11 is 9.26. The van der Waals surface area contributed by atoms with Gasteiger partial charge in [-0.05, 0) is 32.0 Å². The fourth-order valence-corrected chi connectivity index (χ4v) is 4.87. The highest BCUT2D eigenvalue weighted by molar-refractivity contribution is 9.10. The second-order valence-corrected chi connectivity index (χ2v) is 8.12. The van der Waals surface area contributed by atoms with E-state index in [2.05, 4.69) is 21.2 Å². The first-order valence-corrected chi connectivity index (χ1v) is 8.54. The average Bonchev–Trinajstić information content (AvgIpc) is 2.31. The Bertz CT molecular complexity index is 661. The Hall–Kier alpha value is -0.630. The zero-order chi connectivity index (χ0) is 15.1. The minimum absolute atomic E-state index is 0.00476. The lowest BCUT2D eigenvalue weighted by atomic mass is 10.0. The number of carbonyl (C=O) groups is 1. The maximum Gasteiger partial charge on any atom is 0.245 e. The van der Waals surface area contributed by atoms with Gasteiger partial charge in [0.15, 0.2) is 0 Å². The number of hydrogen-bond acceptors (Lipinski definition) is 3. The molecule has 1 amide bonds. The van der Waals surface area contributed by atoms with Crippen LogP contribution in [0.4, 0.5) is 0 Å². The van der Waals surface area contributed by atoms with E-state index in [0.717, 1.165) is 0 Å². The fourth-order valence-electron chi connectivity index (χ4n) is 2.10. The molecule has 1 aromatic carbocycles. The number of hydrogen-bond donors (Lipinski definition) is 1. The van der Waals surface area contributed by atoms with Crippen LogP contribution in [0.15, 0.2) is 27.6 Å². The number of piperazine rings is 1. The van der Waals surface area contributed by atoms with Crippen molar-refractivity contribution in [1.29, 1.82) is 0 Å². The van der Waals surface area contributed by atoms with Crippen LogP contribution in [-0.2, 0) is 14.8 Å². The third kappa shape index (κ3) is 2.59. The largest absolute Gasteiger partial charge is 0.353 e. The van der Waals surface area contributed by atoms with Crippen molar-refractivity contribution in [3.05, 3.63) is 27.7 Å². The minimum atomic E-state index is -3.83. The van der Waals surface area contributed by atoms with Crippen molar-refractivity contribution in [3.63, 3.8) is 0 Å². The van der Waals surface area contributed by atoms with Gasteiger partial charge in [0.2, 0.25) is 15.9 Å². The average molecular weight is 382 g/mol. The molecular formula is C12H14BrClN2O3S. The molecule has 1 aliphatic rings. The first kappa shape index (κ1) is 15.8. The maximum atomic E-state index is 12.7. The molecule has 0 unspecified atom stereocenters. The molecule has 8 heteroatoms. The van der Waals surface area contributed by atoms with E-state index in [1.807, 2.05) is 0 Å². The van der Waals surface area contributed by atoms with Gasteiger partial charge in [0.05, 0.1) is 5.02 Å². The lowest BCUT2D eigenvalue weighted by Crippen LogP contribution is -2.63. The summed E-state index contributed by atoms with van der Waals surface area (Å²) in [4.78, 5) is 11.9. The van der Waals surface area contributed by atoms with Crippen molar-refractivity contribution < 1.29 is 13.2 Å². The van der Waals surface area contributed by atoms with Crippen LogP contribution in [0, 0.1) is 0 Å². The number of amides is 1. The van der Waals surface area contributed by atoms with Crippen LogP contribution in [-0.4, -0.2) is 37.3 Å². The summed E-state index contributed by atoms with van der Waals surface area (Å²) in [7, 11) is -3.83. The van der Waals surface area contributed by atoms with Gasteiger partial charge in [-0.3, -0.25) is 4.79 Å². The summed E-state index contributed by atoms with van der Waals surface area (Å²) in [5.74, 6) is -0.319. The molecule has 1 aromatic rings. The summed E-state index contributed by atoms with van der Waals surface area (Å²) in [6, 6.07) is 4.56. The van der Waals surface area contributed by atoms with Crippen LogP contribution in [0.2, 0.25) is 5.02 Å². The van der Waals surface area contributed by atoms with Crippen molar-refractivity contribution in [2.45, 2.75) is 24.3 Å². The van der Waals surface area contributed by atoms with Crippen molar-refractivity contribution in [1.82, 2.24) is 9.62 Å². The predicted octanol–water partition coefficient (Wildman–Crippen LogP) is 2.00. The minimum Gasteiger partial charge on any atom is -0.353 e. The molecule has 5 nitrogen and oxygen atoms in total. The van der Waals surface area contributed by atoms with Gasteiger partial charge in [0, 0.05) is 17.6 Å². The van der Waals surface area contributed by atoms with E-state index in [1.165, 1.54) is 16.4 Å². The first-order valence-electron chi connectivity index (χ1n) is 5.93. The summed E-state index contributed by atoms with van der Waals surface area (Å²) in [6.07, 6.45) is 0. The Kier molecular flexibility index (Phi) is 4.17. The quantitative estimate of drug-likeness (QED) is 0.852. The lowest BCUT2D eigenvalue weighted by Gasteiger charge is -2.39.